The molecule has 1 aliphatic carbocycles. The number of benzene rings is 1. The Bertz CT molecular complexity index is 833. The SMILES string of the molecule is C=C(C)[C@@H]1CC[C@@H](C(=O)N2CCOCC2)C[C@H]1c1c(O)cc(C(C)(C)CCCCCC)cc1O. The number of amides is 1. The molecular weight excluding hydrogens is 426 g/mol. The number of aromatic hydroxyl groups is 2. The van der Waals surface area contributed by atoms with Gasteiger partial charge in [-0.05, 0) is 67.6 Å². The van der Waals surface area contributed by atoms with E-state index in [-0.39, 0.29) is 40.6 Å². The molecule has 3 rings (SSSR count). The van der Waals surface area contributed by atoms with E-state index in [1.165, 1.54) is 19.3 Å². The molecule has 1 saturated carbocycles. The third-order valence-corrected chi connectivity index (χ3v) is 8.10. The number of phenols is 2. The first kappa shape index (κ1) is 26.6. The number of hydrogen-bond donors (Lipinski definition) is 2. The Morgan fingerprint density at radius 3 is 2.35 bits per heavy atom. The largest absolute Gasteiger partial charge is 0.508 e. The first-order chi connectivity index (χ1) is 16.2. The highest BCUT2D eigenvalue weighted by Gasteiger charge is 2.39. The monoisotopic (exact) mass is 471 g/mol. The number of morpholine rings is 1. The van der Waals surface area contributed by atoms with E-state index in [1.54, 1.807) is 0 Å². The summed E-state index contributed by atoms with van der Waals surface area (Å²) in [5.74, 6) is 0.380. The van der Waals surface area contributed by atoms with Gasteiger partial charge in [0.2, 0.25) is 5.91 Å². The molecule has 2 N–H and O–H groups in total. The van der Waals surface area contributed by atoms with Gasteiger partial charge in [0.25, 0.3) is 0 Å². The fourth-order valence-electron chi connectivity index (χ4n) is 5.88. The van der Waals surface area contributed by atoms with Crippen molar-refractivity contribution in [2.24, 2.45) is 11.8 Å². The lowest BCUT2D eigenvalue weighted by Crippen LogP contribution is -2.45. The Balaban J connectivity index is 1.84. The lowest BCUT2D eigenvalue weighted by molar-refractivity contribution is -0.141. The minimum atomic E-state index is -0.129. The van der Waals surface area contributed by atoms with Crippen LogP contribution in [0.5, 0.6) is 11.5 Å². The summed E-state index contributed by atoms with van der Waals surface area (Å²) in [6.45, 7) is 15.3. The highest BCUT2D eigenvalue weighted by Crippen LogP contribution is 2.50. The van der Waals surface area contributed by atoms with Gasteiger partial charge >= 0.3 is 0 Å². The minimum absolute atomic E-state index is 0.104. The molecule has 2 aliphatic rings. The summed E-state index contributed by atoms with van der Waals surface area (Å²) >= 11 is 0. The number of carbonyl (C=O) groups excluding carboxylic acids is 1. The van der Waals surface area contributed by atoms with Gasteiger partial charge in [-0.1, -0.05) is 58.6 Å². The summed E-state index contributed by atoms with van der Waals surface area (Å²) in [5, 5.41) is 22.3. The van der Waals surface area contributed by atoms with E-state index in [2.05, 4.69) is 27.4 Å². The van der Waals surface area contributed by atoms with Gasteiger partial charge < -0.3 is 19.8 Å². The molecule has 0 unspecified atom stereocenters. The molecule has 34 heavy (non-hydrogen) atoms. The van der Waals surface area contributed by atoms with Crippen LogP contribution in [0.4, 0.5) is 0 Å². The standard InChI is InChI=1S/C29H45NO4/c1-6-7-8-9-12-29(4,5)22-18-25(31)27(26(32)19-22)24-17-21(10-11-23(24)20(2)3)28(33)30-13-15-34-16-14-30/h18-19,21,23-24,31-32H,2,6-17H2,1,3-5H3/t21-,23+,24-/m1/s1. The topological polar surface area (TPSA) is 70.0 Å². The van der Waals surface area contributed by atoms with Gasteiger partial charge in [0.15, 0.2) is 0 Å². The Morgan fingerprint density at radius 1 is 1.12 bits per heavy atom. The summed E-state index contributed by atoms with van der Waals surface area (Å²) in [6, 6.07) is 3.69. The van der Waals surface area contributed by atoms with Gasteiger partial charge in [0, 0.05) is 24.6 Å². The van der Waals surface area contributed by atoms with Crippen molar-refractivity contribution in [2.75, 3.05) is 26.3 Å². The molecule has 0 spiro atoms. The zero-order chi connectivity index (χ0) is 24.9. The second-order valence-electron chi connectivity index (χ2n) is 11.1. The van der Waals surface area contributed by atoms with Crippen LogP contribution in [0, 0.1) is 11.8 Å². The Labute approximate surface area is 206 Å². The summed E-state index contributed by atoms with van der Waals surface area (Å²) in [6.07, 6.45) is 8.07. The van der Waals surface area contributed by atoms with Crippen molar-refractivity contribution >= 4 is 5.91 Å². The quantitative estimate of drug-likeness (QED) is 0.328. The molecule has 5 nitrogen and oxygen atoms in total. The molecule has 190 valence electrons. The zero-order valence-electron chi connectivity index (χ0n) is 21.7. The fraction of sp³-hybridized carbons (Fsp3) is 0.690. The van der Waals surface area contributed by atoms with Gasteiger partial charge in [0.1, 0.15) is 11.5 Å². The minimum Gasteiger partial charge on any atom is -0.508 e. The third-order valence-electron chi connectivity index (χ3n) is 8.10. The van der Waals surface area contributed by atoms with Crippen LogP contribution in [0.3, 0.4) is 0 Å². The van der Waals surface area contributed by atoms with Crippen molar-refractivity contribution in [3.05, 3.63) is 35.4 Å². The molecule has 3 atom stereocenters. The second-order valence-corrected chi connectivity index (χ2v) is 11.1. The number of rotatable bonds is 9. The first-order valence-electron chi connectivity index (χ1n) is 13.2. The molecule has 0 bridgehead atoms. The molecule has 1 saturated heterocycles. The Kier molecular flexibility index (Phi) is 9.08. The Morgan fingerprint density at radius 2 is 1.76 bits per heavy atom. The average Bonchev–Trinajstić information content (AvgIpc) is 2.81. The van der Waals surface area contributed by atoms with Crippen LogP contribution in [0.25, 0.3) is 0 Å². The number of ether oxygens (including phenoxy) is 1. The van der Waals surface area contributed by atoms with Gasteiger partial charge in [-0.3, -0.25) is 4.79 Å². The summed E-state index contributed by atoms with van der Waals surface area (Å²) in [5.41, 5.74) is 2.46. The van der Waals surface area contributed by atoms with Crippen molar-refractivity contribution in [1.82, 2.24) is 4.90 Å². The normalized spacial score (nSPS) is 23.6. The van der Waals surface area contributed by atoms with Gasteiger partial charge in [-0.15, -0.1) is 0 Å². The van der Waals surface area contributed by atoms with Crippen LogP contribution in [-0.2, 0) is 14.9 Å². The first-order valence-corrected chi connectivity index (χ1v) is 13.2. The van der Waals surface area contributed by atoms with Crippen LogP contribution in [0.1, 0.15) is 96.1 Å². The van der Waals surface area contributed by atoms with Crippen LogP contribution in [0.2, 0.25) is 0 Å². The van der Waals surface area contributed by atoms with E-state index in [0.717, 1.165) is 36.8 Å². The highest BCUT2D eigenvalue weighted by molar-refractivity contribution is 5.79. The number of hydrogen-bond acceptors (Lipinski definition) is 4. The van der Waals surface area contributed by atoms with E-state index in [9.17, 15) is 15.0 Å². The van der Waals surface area contributed by atoms with E-state index in [1.807, 2.05) is 24.0 Å². The van der Waals surface area contributed by atoms with Crippen LogP contribution >= 0.6 is 0 Å². The number of unbranched alkanes of at least 4 members (excludes halogenated alkanes) is 3. The predicted octanol–water partition coefficient (Wildman–Crippen LogP) is 6.28. The fourth-order valence-corrected chi connectivity index (χ4v) is 5.88. The lowest BCUT2D eigenvalue weighted by atomic mass is 9.67. The molecule has 1 aromatic carbocycles. The number of allylic oxidation sites excluding steroid dienone is 1. The van der Waals surface area contributed by atoms with Crippen molar-refractivity contribution in [1.29, 1.82) is 0 Å². The van der Waals surface area contributed by atoms with E-state index in [4.69, 9.17) is 4.74 Å². The third kappa shape index (κ3) is 6.16. The highest BCUT2D eigenvalue weighted by atomic mass is 16.5. The van der Waals surface area contributed by atoms with Crippen LogP contribution in [-0.4, -0.2) is 47.3 Å². The zero-order valence-corrected chi connectivity index (χ0v) is 21.7. The molecular formula is C29H45NO4. The van der Waals surface area contributed by atoms with E-state index < -0.39 is 0 Å². The van der Waals surface area contributed by atoms with Gasteiger partial charge in [-0.2, -0.15) is 0 Å². The van der Waals surface area contributed by atoms with Gasteiger partial charge in [0.05, 0.1) is 13.2 Å². The number of nitrogens with zero attached hydrogens (tertiary/aromatic N) is 1. The van der Waals surface area contributed by atoms with Crippen molar-refractivity contribution in [3.63, 3.8) is 0 Å². The van der Waals surface area contributed by atoms with E-state index in [0.29, 0.717) is 38.3 Å². The maximum absolute atomic E-state index is 13.2. The molecule has 2 fully saturated rings. The smallest absolute Gasteiger partial charge is 0.225 e. The molecule has 1 aromatic rings. The molecule has 5 heteroatoms. The van der Waals surface area contributed by atoms with Crippen LogP contribution < -0.4 is 0 Å². The molecule has 0 radical (unpaired) electrons. The molecule has 1 aliphatic heterocycles. The molecule has 1 heterocycles. The predicted molar refractivity (Wildman–Crippen MR) is 137 cm³/mol. The van der Waals surface area contributed by atoms with E-state index >= 15 is 0 Å². The maximum Gasteiger partial charge on any atom is 0.225 e. The summed E-state index contributed by atoms with van der Waals surface area (Å²) < 4.78 is 5.41. The number of carbonyl (C=O) groups is 1. The van der Waals surface area contributed by atoms with Crippen molar-refractivity contribution < 1.29 is 19.7 Å². The van der Waals surface area contributed by atoms with Crippen molar-refractivity contribution in [2.45, 2.75) is 90.4 Å². The average molecular weight is 472 g/mol. The van der Waals surface area contributed by atoms with Gasteiger partial charge in [-0.25, -0.2) is 0 Å². The Hall–Kier alpha value is -2.01. The summed E-state index contributed by atoms with van der Waals surface area (Å²) in [7, 11) is 0. The second kappa shape index (κ2) is 11.6. The van der Waals surface area contributed by atoms with Crippen LogP contribution in [0.15, 0.2) is 24.3 Å². The lowest BCUT2D eigenvalue weighted by Gasteiger charge is -2.39. The maximum atomic E-state index is 13.2. The molecule has 1 amide bonds. The van der Waals surface area contributed by atoms with Crippen molar-refractivity contribution in [3.8, 4) is 11.5 Å². The number of phenolic OH excluding ortho intramolecular Hbond substituents is 2. The molecule has 0 aromatic heterocycles. The summed E-state index contributed by atoms with van der Waals surface area (Å²) in [4.78, 5) is 15.1.